The molecular weight excluding hydrogens is 238 g/mol. The van der Waals surface area contributed by atoms with Crippen molar-refractivity contribution in [3.05, 3.63) is 0 Å². The third-order valence-corrected chi connectivity index (χ3v) is 2.76. The van der Waals surface area contributed by atoms with Crippen LogP contribution in [0.4, 0.5) is 0 Å². The second kappa shape index (κ2) is 5.79. The van der Waals surface area contributed by atoms with Crippen LogP contribution in [0.1, 0.15) is 6.92 Å². The van der Waals surface area contributed by atoms with Gasteiger partial charge in [0.05, 0.1) is 5.88 Å². The van der Waals surface area contributed by atoms with Gasteiger partial charge in [0.15, 0.2) is 6.29 Å². The second-order valence-electron chi connectivity index (χ2n) is 3.64. The Morgan fingerprint density at radius 1 is 1.50 bits per heavy atom. The topological polar surface area (TPSA) is 88.0 Å². The summed E-state index contributed by atoms with van der Waals surface area (Å²) in [5.74, 6) is -0.309. The lowest BCUT2D eigenvalue weighted by atomic mass is 9.97. The Hall–Kier alpha value is -0.400. The molecule has 5 atom stereocenters. The van der Waals surface area contributed by atoms with Gasteiger partial charge in [0.1, 0.15) is 24.4 Å². The van der Waals surface area contributed by atoms with E-state index in [1.54, 1.807) is 0 Å². The first-order valence-corrected chi connectivity index (χ1v) is 5.42. The van der Waals surface area contributed by atoms with Crippen molar-refractivity contribution in [2.75, 3.05) is 13.0 Å². The second-order valence-corrected chi connectivity index (χ2v) is 3.95. The number of nitrogens with one attached hydrogen (secondary N) is 1. The summed E-state index contributed by atoms with van der Waals surface area (Å²) in [5, 5.41) is 21.9. The molecule has 1 rings (SSSR count). The Bertz CT molecular complexity index is 250. The maximum atomic E-state index is 10.9. The summed E-state index contributed by atoms with van der Waals surface area (Å²) < 4.78 is 10.3. The molecule has 0 aromatic rings. The molecule has 0 radical (unpaired) electrons. The summed E-state index contributed by atoms with van der Waals surface area (Å²) >= 11 is 5.58. The zero-order valence-corrected chi connectivity index (χ0v) is 9.85. The van der Waals surface area contributed by atoms with Crippen molar-refractivity contribution < 1.29 is 24.5 Å². The van der Waals surface area contributed by atoms with E-state index in [1.807, 2.05) is 0 Å². The first-order chi connectivity index (χ1) is 7.51. The summed E-state index contributed by atoms with van der Waals surface area (Å²) in [6, 6.07) is -0.808. The van der Waals surface area contributed by atoms with Crippen molar-refractivity contribution >= 4 is 17.5 Å². The van der Waals surface area contributed by atoms with E-state index in [4.69, 9.17) is 21.1 Å². The highest BCUT2D eigenvalue weighted by Gasteiger charge is 2.44. The fourth-order valence-electron chi connectivity index (χ4n) is 1.65. The molecule has 1 fully saturated rings. The Kier molecular flexibility index (Phi) is 4.94. The van der Waals surface area contributed by atoms with E-state index in [1.165, 1.54) is 14.0 Å². The van der Waals surface area contributed by atoms with Gasteiger partial charge in [-0.15, -0.1) is 11.6 Å². The lowest BCUT2D eigenvalue weighted by Gasteiger charge is -2.41. The highest BCUT2D eigenvalue weighted by Crippen LogP contribution is 2.22. The number of halogens is 1. The Balaban J connectivity index is 2.77. The number of amides is 1. The number of hydrogen-bond acceptors (Lipinski definition) is 5. The number of methoxy groups -OCH3 is 1. The van der Waals surface area contributed by atoms with Gasteiger partial charge in [-0.2, -0.15) is 0 Å². The molecule has 94 valence electrons. The number of rotatable bonds is 3. The van der Waals surface area contributed by atoms with Gasteiger partial charge >= 0.3 is 0 Å². The van der Waals surface area contributed by atoms with E-state index in [2.05, 4.69) is 5.32 Å². The minimum atomic E-state index is -1.17. The quantitative estimate of drug-likeness (QED) is 0.552. The zero-order chi connectivity index (χ0) is 12.3. The molecule has 1 amide bonds. The number of ether oxygens (including phenoxy) is 2. The predicted octanol–water partition coefficient (Wildman–Crippen LogP) is -1.18. The monoisotopic (exact) mass is 253 g/mol. The van der Waals surface area contributed by atoms with Crippen LogP contribution in [0.5, 0.6) is 0 Å². The van der Waals surface area contributed by atoms with Crippen LogP contribution in [-0.2, 0) is 14.3 Å². The van der Waals surface area contributed by atoms with Crippen LogP contribution >= 0.6 is 11.6 Å². The molecule has 16 heavy (non-hydrogen) atoms. The molecule has 1 aliphatic heterocycles. The molecule has 0 bridgehead atoms. The van der Waals surface area contributed by atoms with Gasteiger partial charge in [-0.05, 0) is 0 Å². The van der Waals surface area contributed by atoms with Gasteiger partial charge in [-0.3, -0.25) is 4.79 Å². The smallest absolute Gasteiger partial charge is 0.217 e. The summed E-state index contributed by atoms with van der Waals surface area (Å²) in [6.07, 6.45) is -3.87. The molecule has 0 aromatic carbocycles. The van der Waals surface area contributed by atoms with E-state index >= 15 is 0 Å². The predicted molar refractivity (Wildman–Crippen MR) is 56.0 cm³/mol. The standard InChI is InChI=1S/C9H16ClNO5/c1-4(12)11-6-8(14)7(13)5(3-10)16-9(6)15-2/h5-9,13-14H,3H2,1-2H3,(H,11,12)/t5-,6+,7-,8-,9+/m1/s1. The van der Waals surface area contributed by atoms with Crippen LogP contribution in [0.15, 0.2) is 0 Å². The van der Waals surface area contributed by atoms with E-state index in [0.717, 1.165) is 0 Å². The van der Waals surface area contributed by atoms with Crippen molar-refractivity contribution in [2.24, 2.45) is 0 Å². The fraction of sp³-hybridized carbons (Fsp3) is 0.889. The third-order valence-electron chi connectivity index (χ3n) is 2.46. The maximum Gasteiger partial charge on any atom is 0.217 e. The lowest BCUT2D eigenvalue weighted by Crippen LogP contribution is -2.64. The molecule has 1 saturated heterocycles. The molecule has 0 spiro atoms. The SMILES string of the molecule is CO[C@H]1O[C@H](CCl)[C@@H](O)[C@H](O)[C@@H]1NC(C)=O. The molecule has 6 nitrogen and oxygen atoms in total. The fourth-order valence-corrected chi connectivity index (χ4v) is 1.90. The molecule has 1 aliphatic rings. The molecule has 3 N–H and O–H groups in total. The van der Waals surface area contributed by atoms with E-state index in [9.17, 15) is 15.0 Å². The first-order valence-electron chi connectivity index (χ1n) is 4.88. The summed E-state index contributed by atoms with van der Waals surface area (Å²) in [4.78, 5) is 10.9. The Morgan fingerprint density at radius 3 is 2.56 bits per heavy atom. The van der Waals surface area contributed by atoms with Crippen LogP contribution in [0, 0.1) is 0 Å². The van der Waals surface area contributed by atoms with E-state index < -0.39 is 30.6 Å². The maximum absolute atomic E-state index is 10.9. The number of aliphatic hydroxyl groups excluding tert-OH is 2. The zero-order valence-electron chi connectivity index (χ0n) is 9.09. The van der Waals surface area contributed by atoms with Crippen LogP contribution in [0.25, 0.3) is 0 Å². The normalized spacial score (nSPS) is 39.4. The molecular formula is C9H16ClNO5. The molecule has 0 aliphatic carbocycles. The number of alkyl halides is 1. The highest BCUT2D eigenvalue weighted by atomic mass is 35.5. The summed E-state index contributed by atoms with van der Waals surface area (Å²) in [5.41, 5.74) is 0. The van der Waals surface area contributed by atoms with Crippen molar-refractivity contribution in [1.29, 1.82) is 0 Å². The number of aliphatic hydroxyl groups is 2. The number of carbonyl (C=O) groups excluding carboxylic acids is 1. The molecule has 0 saturated carbocycles. The van der Waals surface area contributed by atoms with Crippen LogP contribution in [0.2, 0.25) is 0 Å². The summed E-state index contributed by atoms with van der Waals surface area (Å²) in [7, 11) is 1.38. The minimum absolute atomic E-state index is 0.0326. The molecule has 0 aromatic heterocycles. The molecule has 0 unspecified atom stereocenters. The van der Waals surface area contributed by atoms with Gasteiger partial charge in [-0.1, -0.05) is 0 Å². The van der Waals surface area contributed by atoms with Gasteiger partial charge in [-0.25, -0.2) is 0 Å². The summed E-state index contributed by atoms with van der Waals surface area (Å²) in [6.45, 7) is 1.31. The van der Waals surface area contributed by atoms with Gasteiger partial charge < -0.3 is 25.0 Å². The van der Waals surface area contributed by atoms with Crippen LogP contribution in [0.3, 0.4) is 0 Å². The van der Waals surface area contributed by atoms with Gasteiger partial charge in [0.25, 0.3) is 0 Å². The van der Waals surface area contributed by atoms with Crippen molar-refractivity contribution in [3.8, 4) is 0 Å². The molecule has 1 heterocycles. The Morgan fingerprint density at radius 2 is 2.12 bits per heavy atom. The van der Waals surface area contributed by atoms with Crippen molar-refractivity contribution in [2.45, 2.75) is 37.6 Å². The Labute approximate surface area is 98.5 Å². The van der Waals surface area contributed by atoms with Crippen molar-refractivity contribution in [1.82, 2.24) is 5.32 Å². The van der Waals surface area contributed by atoms with Crippen LogP contribution in [-0.4, -0.2) is 59.8 Å². The van der Waals surface area contributed by atoms with Gasteiger partial charge in [0, 0.05) is 14.0 Å². The minimum Gasteiger partial charge on any atom is -0.388 e. The largest absolute Gasteiger partial charge is 0.388 e. The lowest BCUT2D eigenvalue weighted by molar-refractivity contribution is -0.251. The van der Waals surface area contributed by atoms with Crippen molar-refractivity contribution in [3.63, 3.8) is 0 Å². The first kappa shape index (κ1) is 13.7. The van der Waals surface area contributed by atoms with E-state index in [-0.39, 0.29) is 11.8 Å². The van der Waals surface area contributed by atoms with Crippen LogP contribution < -0.4 is 5.32 Å². The number of hydrogen-bond donors (Lipinski definition) is 3. The van der Waals surface area contributed by atoms with Gasteiger partial charge in [0.2, 0.25) is 5.91 Å². The highest BCUT2D eigenvalue weighted by molar-refractivity contribution is 6.18. The average Bonchev–Trinajstić information content (AvgIpc) is 2.25. The van der Waals surface area contributed by atoms with E-state index in [0.29, 0.717) is 0 Å². The average molecular weight is 254 g/mol. The molecule has 7 heteroatoms. The number of carbonyl (C=O) groups is 1. The third kappa shape index (κ3) is 2.83.